The molecule has 4 rings (SSSR count). The van der Waals surface area contributed by atoms with Gasteiger partial charge in [0.05, 0.1) is 25.8 Å². The molecular formula is C26H27N3O5. The number of aldehydes is 1. The number of hydrogen-bond acceptors (Lipinski definition) is 6. The van der Waals surface area contributed by atoms with E-state index in [1.54, 1.807) is 16.6 Å². The summed E-state index contributed by atoms with van der Waals surface area (Å²) in [6.07, 6.45) is 0.403. The SMILES string of the molecule is COCC(C)N1CC(C(c2ccccc2)c2ccccc2)n2c(OC)nc(=O)c(C=O)c2C1=O. The molecule has 1 amide bonds. The molecule has 0 radical (unpaired) electrons. The average molecular weight is 462 g/mol. The molecule has 0 spiro atoms. The third kappa shape index (κ3) is 4.12. The van der Waals surface area contributed by atoms with Gasteiger partial charge < -0.3 is 14.4 Å². The van der Waals surface area contributed by atoms with Crippen molar-refractivity contribution in [2.75, 3.05) is 27.4 Å². The highest BCUT2D eigenvalue weighted by atomic mass is 16.5. The summed E-state index contributed by atoms with van der Waals surface area (Å²) in [5, 5.41) is 0. The molecule has 2 aromatic carbocycles. The van der Waals surface area contributed by atoms with E-state index in [0.717, 1.165) is 11.1 Å². The van der Waals surface area contributed by atoms with Crippen molar-refractivity contribution in [2.45, 2.75) is 24.9 Å². The molecule has 0 bridgehead atoms. The number of ether oxygens (including phenoxy) is 2. The van der Waals surface area contributed by atoms with E-state index in [1.165, 1.54) is 7.11 Å². The van der Waals surface area contributed by atoms with Crippen molar-refractivity contribution in [3.63, 3.8) is 0 Å². The predicted octanol–water partition coefficient (Wildman–Crippen LogP) is 2.93. The molecule has 2 unspecified atom stereocenters. The number of carbonyl (C=O) groups excluding carboxylic acids is 2. The third-order valence-electron chi connectivity index (χ3n) is 6.25. The van der Waals surface area contributed by atoms with E-state index in [0.29, 0.717) is 19.4 Å². The Hall–Kier alpha value is -3.78. The van der Waals surface area contributed by atoms with Crippen molar-refractivity contribution in [2.24, 2.45) is 0 Å². The second-order valence-corrected chi connectivity index (χ2v) is 8.28. The van der Waals surface area contributed by atoms with Gasteiger partial charge in [-0.1, -0.05) is 60.7 Å². The van der Waals surface area contributed by atoms with Gasteiger partial charge >= 0.3 is 0 Å². The molecule has 1 aliphatic heterocycles. The van der Waals surface area contributed by atoms with Crippen LogP contribution in [0.2, 0.25) is 0 Å². The Morgan fingerprint density at radius 1 is 1.03 bits per heavy atom. The van der Waals surface area contributed by atoms with Gasteiger partial charge in [-0.05, 0) is 18.1 Å². The molecule has 2 heterocycles. The summed E-state index contributed by atoms with van der Waals surface area (Å²) in [6, 6.07) is 19.2. The first-order valence-corrected chi connectivity index (χ1v) is 11.1. The molecule has 2 atom stereocenters. The van der Waals surface area contributed by atoms with Crippen LogP contribution in [0.3, 0.4) is 0 Å². The van der Waals surface area contributed by atoms with Crippen LogP contribution in [0.25, 0.3) is 0 Å². The number of methoxy groups -OCH3 is 2. The lowest BCUT2D eigenvalue weighted by Gasteiger charge is -2.42. The van der Waals surface area contributed by atoms with E-state index in [4.69, 9.17) is 9.47 Å². The summed E-state index contributed by atoms with van der Waals surface area (Å²) in [6.45, 7) is 2.50. The number of nitrogens with zero attached hydrogens (tertiary/aromatic N) is 3. The van der Waals surface area contributed by atoms with Gasteiger partial charge in [-0.3, -0.25) is 19.0 Å². The molecule has 0 saturated carbocycles. The fraction of sp³-hybridized carbons (Fsp3) is 0.308. The molecule has 8 nitrogen and oxygen atoms in total. The van der Waals surface area contributed by atoms with Crippen molar-refractivity contribution in [3.05, 3.63) is 93.4 Å². The highest BCUT2D eigenvalue weighted by molar-refractivity contribution is 6.00. The third-order valence-corrected chi connectivity index (χ3v) is 6.25. The predicted molar refractivity (Wildman–Crippen MR) is 127 cm³/mol. The molecule has 3 aromatic rings. The molecule has 0 fully saturated rings. The Bertz CT molecular complexity index is 1190. The summed E-state index contributed by atoms with van der Waals surface area (Å²) < 4.78 is 12.4. The first-order chi connectivity index (χ1) is 16.5. The van der Waals surface area contributed by atoms with E-state index in [9.17, 15) is 14.4 Å². The number of fused-ring (bicyclic) bond motifs is 1. The van der Waals surface area contributed by atoms with Gasteiger partial charge in [0.1, 0.15) is 11.3 Å². The van der Waals surface area contributed by atoms with Crippen LogP contribution in [-0.2, 0) is 4.74 Å². The number of aromatic nitrogens is 2. The topological polar surface area (TPSA) is 90.7 Å². The van der Waals surface area contributed by atoms with Crippen molar-refractivity contribution in [1.29, 1.82) is 0 Å². The Morgan fingerprint density at radius 3 is 2.12 bits per heavy atom. The minimum absolute atomic E-state index is 0.000133. The zero-order valence-electron chi connectivity index (χ0n) is 19.4. The number of benzene rings is 2. The van der Waals surface area contributed by atoms with Crippen LogP contribution in [0.4, 0.5) is 0 Å². The van der Waals surface area contributed by atoms with Crippen molar-refractivity contribution < 1.29 is 19.1 Å². The lowest BCUT2D eigenvalue weighted by Crippen LogP contribution is -2.52. The van der Waals surface area contributed by atoms with Crippen LogP contribution in [0.15, 0.2) is 65.5 Å². The standard InChI is InChI=1S/C26H27N3O5/c1-17(16-33-2)28-14-21(22(18-10-6-4-7-11-18)19-12-8-5-9-13-19)29-23(25(28)32)20(15-30)24(31)27-26(29)34-3/h4-13,15,17,21-22H,14,16H2,1-3H3. The van der Waals surface area contributed by atoms with Crippen LogP contribution in [-0.4, -0.2) is 60.1 Å². The number of rotatable bonds is 8. The van der Waals surface area contributed by atoms with Gasteiger partial charge in [0, 0.05) is 19.6 Å². The summed E-state index contributed by atoms with van der Waals surface area (Å²) >= 11 is 0. The zero-order chi connectivity index (χ0) is 24.2. The lowest BCUT2D eigenvalue weighted by atomic mass is 9.83. The van der Waals surface area contributed by atoms with Crippen molar-refractivity contribution in [3.8, 4) is 6.01 Å². The van der Waals surface area contributed by atoms with E-state index in [2.05, 4.69) is 4.98 Å². The Kier molecular flexibility index (Phi) is 6.88. The lowest BCUT2D eigenvalue weighted by molar-refractivity contribution is 0.0422. The molecule has 1 aromatic heterocycles. The average Bonchev–Trinajstić information content (AvgIpc) is 2.86. The van der Waals surface area contributed by atoms with Crippen molar-refractivity contribution >= 4 is 12.2 Å². The summed E-state index contributed by atoms with van der Waals surface area (Å²) in [4.78, 5) is 43.9. The second kappa shape index (κ2) is 10.0. The van der Waals surface area contributed by atoms with Gasteiger partial charge in [0.15, 0.2) is 6.29 Å². The summed E-state index contributed by atoms with van der Waals surface area (Å²) in [5.74, 6) is -0.648. The van der Waals surface area contributed by atoms with Gasteiger partial charge in [-0.25, -0.2) is 0 Å². The summed E-state index contributed by atoms with van der Waals surface area (Å²) in [5.41, 5.74) is 0.967. The molecule has 34 heavy (non-hydrogen) atoms. The first-order valence-electron chi connectivity index (χ1n) is 11.1. The van der Waals surface area contributed by atoms with E-state index >= 15 is 0 Å². The van der Waals surface area contributed by atoms with Gasteiger partial charge in [-0.2, -0.15) is 4.98 Å². The van der Waals surface area contributed by atoms with Crippen LogP contribution < -0.4 is 10.3 Å². The monoisotopic (exact) mass is 461 g/mol. The fourth-order valence-corrected chi connectivity index (χ4v) is 4.73. The molecule has 0 N–H and O–H groups in total. The number of amides is 1. The van der Waals surface area contributed by atoms with Crippen LogP contribution >= 0.6 is 0 Å². The van der Waals surface area contributed by atoms with Crippen LogP contribution in [0, 0.1) is 0 Å². The summed E-state index contributed by atoms with van der Waals surface area (Å²) in [7, 11) is 2.97. The fourth-order valence-electron chi connectivity index (χ4n) is 4.73. The van der Waals surface area contributed by atoms with E-state index in [-0.39, 0.29) is 29.2 Å². The Morgan fingerprint density at radius 2 is 1.62 bits per heavy atom. The van der Waals surface area contributed by atoms with E-state index < -0.39 is 17.5 Å². The van der Waals surface area contributed by atoms with Crippen LogP contribution in [0.1, 0.15) is 50.9 Å². The van der Waals surface area contributed by atoms with Gasteiger partial charge in [0.2, 0.25) is 0 Å². The number of carbonyl (C=O) groups is 2. The van der Waals surface area contributed by atoms with Gasteiger partial charge in [0.25, 0.3) is 17.5 Å². The highest BCUT2D eigenvalue weighted by Crippen LogP contribution is 2.41. The largest absolute Gasteiger partial charge is 0.468 e. The molecule has 176 valence electrons. The molecule has 1 aliphatic rings. The number of hydrogen-bond donors (Lipinski definition) is 0. The zero-order valence-corrected chi connectivity index (χ0v) is 19.4. The quantitative estimate of drug-likeness (QED) is 0.479. The van der Waals surface area contributed by atoms with Crippen molar-refractivity contribution in [1.82, 2.24) is 14.5 Å². The first kappa shape index (κ1) is 23.4. The highest BCUT2D eigenvalue weighted by Gasteiger charge is 2.42. The molecule has 0 aliphatic carbocycles. The Labute approximate surface area is 197 Å². The smallest absolute Gasteiger partial charge is 0.300 e. The Balaban J connectivity index is 2.03. The van der Waals surface area contributed by atoms with Gasteiger partial charge in [-0.15, -0.1) is 0 Å². The molecule has 0 saturated heterocycles. The normalized spacial score (nSPS) is 16.3. The minimum Gasteiger partial charge on any atom is -0.468 e. The second-order valence-electron chi connectivity index (χ2n) is 8.28. The maximum atomic E-state index is 13.6. The van der Waals surface area contributed by atoms with Crippen LogP contribution in [0.5, 0.6) is 6.01 Å². The minimum atomic E-state index is -0.789. The maximum Gasteiger partial charge on any atom is 0.300 e. The van der Waals surface area contributed by atoms with E-state index in [1.807, 2.05) is 67.6 Å². The molecular weight excluding hydrogens is 434 g/mol. The maximum absolute atomic E-state index is 13.6. The molecule has 8 heteroatoms.